The minimum Gasteiger partial charge on any atom is -0.444 e. The summed E-state index contributed by atoms with van der Waals surface area (Å²) < 4.78 is 5.37. The molecule has 1 atom stereocenters. The number of nitrogens with zero attached hydrogens (tertiary/aromatic N) is 1. The summed E-state index contributed by atoms with van der Waals surface area (Å²) in [7, 11) is 0. The molecule has 0 aliphatic heterocycles. The average molecular weight is 417 g/mol. The van der Waals surface area contributed by atoms with E-state index < -0.39 is 11.6 Å². The van der Waals surface area contributed by atoms with Gasteiger partial charge in [0.15, 0.2) is 0 Å². The summed E-state index contributed by atoms with van der Waals surface area (Å²) in [6.07, 6.45) is 8.23. The minimum absolute atomic E-state index is 0.107. The van der Waals surface area contributed by atoms with Crippen LogP contribution in [0.15, 0.2) is 24.4 Å². The van der Waals surface area contributed by atoms with Gasteiger partial charge in [-0.15, -0.1) is 0 Å². The number of rotatable bonds is 7. The van der Waals surface area contributed by atoms with Crippen LogP contribution in [-0.4, -0.2) is 41.7 Å². The number of nitrogens with two attached hydrogens (primary N) is 1. The van der Waals surface area contributed by atoms with Crippen molar-refractivity contribution in [3.8, 4) is 0 Å². The first-order valence-electron chi connectivity index (χ1n) is 11.0. The van der Waals surface area contributed by atoms with Gasteiger partial charge in [0.2, 0.25) is 5.91 Å². The van der Waals surface area contributed by atoms with Crippen LogP contribution in [0.1, 0.15) is 65.0 Å². The molecule has 0 unspecified atom stereocenters. The summed E-state index contributed by atoms with van der Waals surface area (Å²) >= 11 is 0. The van der Waals surface area contributed by atoms with Crippen molar-refractivity contribution in [2.75, 3.05) is 13.1 Å². The zero-order valence-corrected chi connectivity index (χ0v) is 18.5. The zero-order valence-electron chi connectivity index (χ0n) is 18.5. The van der Waals surface area contributed by atoms with Crippen LogP contribution in [0.5, 0.6) is 0 Å². The monoisotopic (exact) mass is 416 g/mol. The smallest absolute Gasteiger partial charge is 0.407 e. The molecule has 30 heavy (non-hydrogen) atoms. The molecule has 166 valence electrons. The Hall–Kier alpha value is -2.15. The lowest BCUT2D eigenvalue weighted by molar-refractivity contribution is -0.123. The lowest BCUT2D eigenvalue weighted by Gasteiger charge is -2.53. The van der Waals surface area contributed by atoms with Crippen LogP contribution in [0.4, 0.5) is 4.79 Å². The van der Waals surface area contributed by atoms with Crippen LogP contribution in [0.2, 0.25) is 0 Å². The number of aromatic nitrogens is 1. The second kappa shape index (κ2) is 8.92. The number of pyridine rings is 1. The van der Waals surface area contributed by atoms with Crippen molar-refractivity contribution in [1.82, 2.24) is 15.6 Å². The second-order valence-electron chi connectivity index (χ2n) is 10.2. The van der Waals surface area contributed by atoms with E-state index in [9.17, 15) is 9.59 Å². The Morgan fingerprint density at radius 2 is 1.63 bits per heavy atom. The molecule has 0 saturated heterocycles. The van der Waals surface area contributed by atoms with Crippen molar-refractivity contribution in [3.05, 3.63) is 30.1 Å². The Balaban J connectivity index is 1.43. The van der Waals surface area contributed by atoms with Gasteiger partial charge < -0.3 is 21.1 Å². The average Bonchev–Trinajstić information content (AvgIpc) is 2.72. The molecule has 7 nitrogen and oxygen atoms in total. The van der Waals surface area contributed by atoms with Crippen molar-refractivity contribution in [2.45, 2.75) is 77.4 Å². The molecule has 3 fully saturated rings. The van der Waals surface area contributed by atoms with Crippen molar-refractivity contribution >= 4 is 12.0 Å². The second-order valence-corrected chi connectivity index (χ2v) is 10.2. The molecule has 0 spiro atoms. The zero-order chi connectivity index (χ0) is 21.8. The number of ether oxygens (including phenoxy) is 1. The first kappa shape index (κ1) is 22.5. The van der Waals surface area contributed by atoms with E-state index in [4.69, 9.17) is 10.5 Å². The number of alkyl carbamates (subject to hydrolysis) is 1. The molecule has 0 radical (unpaired) electrons. The largest absolute Gasteiger partial charge is 0.444 e. The molecule has 2 amide bonds. The highest BCUT2D eigenvalue weighted by molar-refractivity contribution is 5.81. The Morgan fingerprint density at radius 3 is 2.13 bits per heavy atom. The number of carbonyl (C=O) groups excluding carboxylic acids is 2. The standard InChI is InChI=1S/C23H36N4O3/c1-21(2,3)30-20(29)27-16-23-10-7-22(8-11-23,9-12-23)15-26-19(28)18(24)14-17-6-4-5-13-25-17/h4-6,13,18H,7-12,14-16,24H2,1-3H3,(H,26,28)(H,27,29)/t18-,22?,23?/m0/s1. The van der Waals surface area contributed by atoms with Gasteiger partial charge in [0, 0.05) is 31.4 Å². The first-order valence-corrected chi connectivity index (χ1v) is 11.0. The van der Waals surface area contributed by atoms with Crippen molar-refractivity contribution in [1.29, 1.82) is 0 Å². The van der Waals surface area contributed by atoms with Gasteiger partial charge in [-0.3, -0.25) is 9.78 Å². The molecule has 7 heteroatoms. The van der Waals surface area contributed by atoms with Crippen LogP contribution < -0.4 is 16.4 Å². The van der Waals surface area contributed by atoms with Crippen LogP contribution in [0.3, 0.4) is 0 Å². The quantitative estimate of drug-likeness (QED) is 0.634. The lowest BCUT2D eigenvalue weighted by atomic mass is 9.53. The SMILES string of the molecule is CC(C)(C)OC(=O)NCC12CCC(CNC(=O)[C@@H](N)Cc3ccccn3)(CC1)CC2. The molecule has 2 bridgehead atoms. The number of nitrogens with one attached hydrogen (secondary N) is 2. The number of carbonyl (C=O) groups is 2. The predicted molar refractivity (Wildman–Crippen MR) is 116 cm³/mol. The summed E-state index contributed by atoms with van der Waals surface area (Å²) in [5, 5.41) is 6.07. The first-order chi connectivity index (χ1) is 14.1. The van der Waals surface area contributed by atoms with Crippen molar-refractivity contribution < 1.29 is 14.3 Å². The molecule has 4 N–H and O–H groups in total. The third-order valence-electron chi connectivity index (χ3n) is 6.69. The van der Waals surface area contributed by atoms with Gasteiger partial charge in [0.25, 0.3) is 0 Å². The van der Waals surface area contributed by atoms with Crippen LogP contribution >= 0.6 is 0 Å². The molecule has 3 aliphatic rings. The van der Waals surface area contributed by atoms with E-state index in [2.05, 4.69) is 15.6 Å². The van der Waals surface area contributed by atoms with E-state index in [0.717, 1.165) is 44.2 Å². The summed E-state index contributed by atoms with van der Waals surface area (Å²) in [5.41, 5.74) is 6.76. The predicted octanol–water partition coefficient (Wildman–Crippen LogP) is 2.93. The van der Waals surface area contributed by atoms with E-state index in [1.165, 1.54) is 0 Å². The van der Waals surface area contributed by atoms with E-state index >= 15 is 0 Å². The van der Waals surface area contributed by atoms with Gasteiger partial charge in [-0.1, -0.05) is 6.07 Å². The van der Waals surface area contributed by atoms with Crippen molar-refractivity contribution in [3.63, 3.8) is 0 Å². The maximum atomic E-state index is 12.5. The number of fused-ring (bicyclic) bond motifs is 3. The molecule has 1 aromatic heterocycles. The third-order valence-corrected chi connectivity index (χ3v) is 6.69. The fourth-order valence-corrected chi connectivity index (χ4v) is 4.69. The highest BCUT2D eigenvalue weighted by Crippen LogP contribution is 2.56. The summed E-state index contributed by atoms with van der Waals surface area (Å²) in [6.45, 7) is 6.96. The summed E-state index contributed by atoms with van der Waals surface area (Å²) in [5.74, 6) is -0.107. The van der Waals surface area contributed by atoms with Gasteiger partial charge in [0.05, 0.1) is 6.04 Å². The number of hydrogen-bond acceptors (Lipinski definition) is 5. The molecule has 4 rings (SSSR count). The van der Waals surface area contributed by atoms with Gasteiger partial charge in [-0.25, -0.2) is 4.79 Å². The van der Waals surface area contributed by atoms with E-state index in [0.29, 0.717) is 19.5 Å². The van der Waals surface area contributed by atoms with Crippen LogP contribution in [0.25, 0.3) is 0 Å². The Labute approximate surface area is 179 Å². The minimum atomic E-state index is -0.583. The van der Waals surface area contributed by atoms with Gasteiger partial charge >= 0.3 is 6.09 Å². The molecule has 3 saturated carbocycles. The third kappa shape index (κ3) is 5.94. The highest BCUT2D eigenvalue weighted by Gasteiger charge is 2.48. The Bertz CT molecular complexity index is 720. The van der Waals surface area contributed by atoms with Crippen molar-refractivity contribution in [2.24, 2.45) is 16.6 Å². The summed E-state index contributed by atoms with van der Waals surface area (Å²) in [4.78, 5) is 28.7. The molecular weight excluding hydrogens is 380 g/mol. The van der Waals surface area contributed by atoms with Crippen LogP contribution in [-0.2, 0) is 16.0 Å². The normalized spacial score (nSPS) is 26.7. The number of hydrogen-bond donors (Lipinski definition) is 3. The highest BCUT2D eigenvalue weighted by atomic mass is 16.6. The van der Waals surface area contributed by atoms with E-state index in [1.54, 1.807) is 6.20 Å². The maximum Gasteiger partial charge on any atom is 0.407 e. The van der Waals surface area contributed by atoms with E-state index in [1.807, 2.05) is 39.0 Å². The number of amides is 2. The fraction of sp³-hybridized carbons (Fsp3) is 0.696. The van der Waals surface area contributed by atoms with Gasteiger partial charge in [-0.05, 0) is 82.3 Å². The van der Waals surface area contributed by atoms with E-state index in [-0.39, 0.29) is 22.8 Å². The maximum absolute atomic E-state index is 12.5. The molecule has 1 heterocycles. The Kier molecular flexibility index (Phi) is 6.70. The molecule has 0 aromatic carbocycles. The fourth-order valence-electron chi connectivity index (χ4n) is 4.69. The molecule has 3 aliphatic carbocycles. The van der Waals surface area contributed by atoms with Gasteiger partial charge in [-0.2, -0.15) is 0 Å². The van der Waals surface area contributed by atoms with Crippen LogP contribution in [0, 0.1) is 10.8 Å². The Morgan fingerprint density at radius 1 is 1.07 bits per heavy atom. The summed E-state index contributed by atoms with van der Waals surface area (Å²) in [6, 6.07) is 5.06. The molecular formula is C23H36N4O3. The topological polar surface area (TPSA) is 106 Å². The molecule has 1 aromatic rings. The van der Waals surface area contributed by atoms with Gasteiger partial charge in [0.1, 0.15) is 5.60 Å². The lowest BCUT2D eigenvalue weighted by Crippen LogP contribution is -2.53.